The molecule has 98 valence electrons. The number of likely N-dealkylation sites (N-methyl/N-ethyl adjacent to an activating group) is 2. The molecule has 5 heteroatoms. The molecule has 2 N–H and O–H groups in total. The first kappa shape index (κ1) is 12.8. The van der Waals surface area contributed by atoms with Crippen LogP contribution < -0.4 is 5.73 Å². The highest BCUT2D eigenvalue weighted by Crippen LogP contribution is 2.17. The van der Waals surface area contributed by atoms with Crippen LogP contribution in [0.2, 0.25) is 0 Å². The van der Waals surface area contributed by atoms with Gasteiger partial charge in [-0.05, 0) is 38.6 Å². The lowest BCUT2D eigenvalue weighted by Crippen LogP contribution is -2.39. The van der Waals surface area contributed by atoms with Gasteiger partial charge in [0.05, 0.1) is 5.56 Å². The quantitative estimate of drug-likeness (QED) is 0.860. The molecule has 1 fully saturated rings. The van der Waals surface area contributed by atoms with E-state index >= 15 is 0 Å². The summed E-state index contributed by atoms with van der Waals surface area (Å²) in [6.45, 7) is 1.85. The van der Waals surface area contributed by atoms with E-state index in [1.807, 2.05) is 7.05 Å². The molecule has 0 spiro atoms. The van der Waals surface area contributed by atoms with Crippen molar-refractivity contribution >= 4 is 11.7 Å². The number of carbonyl (C=O) groups is 1. The molecule has 5 nitrogen and oxygen atoms in total. The number of carbonyl (C=O) groups excluding carboxylic acids is 1. The second kappa shape index (κ2) is 5.35. The third-order valence-corrected chi connectivity index (χ3v) is 3.57. The summed E-state index contributed by atoms with van der Waals surface area (Å²) in [6.07, 6.45) is 3.95. The summed E-state index contributed by atoms with van der Waals surface area (Å²) in [6, 6.07) is 3.91. The number of amides is 1. The molecule has 1 aromatic heterocycles. The zero-order valence-corrected chi connectivity index (χ0v) is 11.0. The van der Waals surface area contributed by atoms with E-state index in [2.05, 4.69) is 16.9 Å². The molecule has 2 rings (SSSR count). The van der Waals surface area contributed by atoms with Crippen LogP contribution in [0.15, 0.2) is 18.3 Å². The average molecular weight is 248 g/mol. The van der Waals surface area contributed by atoms with Gasteiger partial charge >= 0.3 is 0 Å². The molecular formula is C13H20N4O. The number of pyridine rings is 1. The zero-order valence-electron chi connectivity index (χ0n) is 11.0. The van der Waals surface area contributed by atoms with Crippen LogP contribution in [0.5, 0.6) is 0 Å². The molecule has 2 heterocycles. The Morgan fingerprint density at radius 1 is 1.67 bits per heavy atom. The maximum absolute atomic E-state index is 12.2. The van der Waals surface area contributed by atoms with Gasteiger partial charge in [-0.25, -0.2) is 4.98 Å². The predicted molar refractivity (Wildman–Crippen MR) is 71.3 cm³/mol. The average Bonchev–Trinajstić information content (AvgIpc) is 2.75. The van der Waals surface area contributed by atoms with Gasteiger partial charge in [0.1, 0.15) is 5.82 Å². The van der Waals surface area contributed by atoms with Gasteiger partial charge in [0.25, 0.3) is 5.91 Å². The highest BCUT2D eigenvalue weighted by molar-refractivity contribution is 5.98. The summed E-state index contributed by atoms with van der Waals surface area (Å²) in [5.41, 5.74) is 6.21. The number of likely N-dealkylation sites (tertiary alicyclic amines) is 1. The van der Waals surface area contributed by atoms with Crippen LogP contribution >= 0.6 is 0 Å². The molecule has 1 atom stereocenters. The SMILES string of the molecule is CN(CC1CCCN1C)C(=O)c1cccnc1N. The fraction of sp³-hybridized carbons (Fsp3) is 0.538. The van der Waals surface area contributed by atoms with Gasteiger partial charge in [-0.1, -0.05) is 0 Å². The van der Waals surface area contributed by atoms with E-state index < -0.39 is 0 Å². The number of aromatic nitrogens is 1. The van der Waals surface area contributed by atoms with Crippen molar-refractivity contribution in [2.75, 3.05) is 32.9 Å². The van der Waals surface area contributed by atoms with Crippen molar-refractivity contribution < 1.29 is 4.79 Å². The van der Waals surface area contributed by atoms with Crippen LogP contribution in [-0.4, -0.2) is 53.9 Å². The van der Waals surface area contributed by atoms with Crippen molar-refractivity contribution in [3.8, 4) is 0 Å². The fourth-order valence-corrected chi connectivity index (χ4v) is 2.41. The lowest BCUT2D eigenvalue weighted by atomic mass is 10.2. The topological polar surface area (TPSA) is 62.5 Å². The Bertz CT molecular complexity index is 435. The first-order valence-corrected chi connectivity index (χ1v) is 6.26. The van der Waals surface area contributed by atoms with E-state index in [1.54, 1.807) is 23.2 Å². The molecule has 0 aromatic carbocycles. The molecule has 0 bridgehead atoms. The van der Waals surface area contributed by atoms with E-state index in [4.69, 9.17) is 5.73 Å². The zero-order chi connectivity index (χ0) is 13.1. The van der Waals surface area contributed by atoms with Gasteiger partial charge in [0, 0.05) is 25.8 Å². The largest absolute Gasteiger partial charge is 0.383 e. The Kier molecular flexibility index (Phi) is 3.81. The summed E-state index contributed by atoms with van der Waals surface area (Å²) < 4.78 is 0. The number of nitrogens with zero attached hydrogens (tertiary/aromatic N) is 3. The molecule has 1 aliphatic heterocycles. The van der Waals surface area contributed by atoms with Crippen molar-refractivity contribution in [3.05, 3.63) is 23.9 Å². The van der Waals surface area contributed by atoms with Crippen molar-refractivity contribution in [2.45, 2.75) is 18.9 Å². The molecule has 1 unspecified atom stereocenters. The summed E-state index contributed by atoms with van der Waals surface area (Å²) in [4.78, 5) is 20.2. The minimum Gasteiger partial charge on any atom is -0.383 e. The van der Waals surface area contributed by atoms with Crippen molar-refractivity contribution in [1.82, 2.24) is 14.8 Å². The predicted octanol–water partition coefficient (Wildman–Crippen LogP) is 0.830. The van der Waals surface area contributed by atoms with E-state index in [0.717, 1.165) is 19.5 Å². The van der Waals surface area contributed by atoms with Gasteiger partial charge in [0.15, 0.2) is 0 Å². The number of anilines is 1. The fourth-order valence-electron chi connectivity index (χ4n) is 2.41. The second-order valence-corrected chi connectivity index (χ2v) is 4.90. The molecule has 1 aliphatic rings. The first-order chi connectivity index (χ1) is 8.59. The van der Waals surface area contributed by atoms with Crippen LogP contribution in [0.3, 0.4) is 0 Å². The number of nitrogens with two attached hydrogens (primary N) is 1. The number of rotatable bonds is 3. The third kappa shape index (κ3) is 2.61. The molecule has 0 radical (unpaired) electrons. The molecule has 1 aromatic rings. The third-order valence-electron chi connectivity index (χ3n) is 3.57. The molecule has 0 saturated carbocycles. The van der Waals surface area contributed by atoms with E-state index in [-0.39, 0.29) is 5.91 Å². The van der Waals surface area contributed by atoms with E-state index in [9.17, 15) is 4.79 Å². The van der Waals surface area contributed by atoms with Crippen LogP contribution in [0, 0.1) is 0 Å². The maximum atomic E-state index is 12.2. The Labute approximate surface area is 108 Å². The van der Waals surface area contributed by atoms with Crippen molar-refractivity contribution in [3.63, 3.8) is 0 Å². The monoisotopic (exact) mass is 248 g/mol. The van der Waals surface area contributed by atoms with E-state index in [0.29, 0.717) is 17.4 Å². The maximum Gasteiger partial charge on any atom is 0.257 e. The molecule has 0 aliphatic carbocycles. The number of hydrogen-bond donors (Lipinski definition) is 1. The van der Waals surface area contributed by atoms with Crippen molar-refractivity contribution in [1.29, 1.82) is 0 Å². The minimum atomic E-state index is -0.0547. The summed E-state index contributed by atoms with van der Waals surface area (Å²) in [5, 5.41) is 0. The first-order valence-electron chi connectivity index (χ1n) is 6.26. The van der Waals surface area contributed by atoms with Crippen LogP contribution in [0.4, 0.5) is 5.82 Å². The Morgan fingerprint density at radius 3 is 3.06 bits per heavy atom. The highest BCUT2D eigenvalue weighted by Gasteiger charge is 2.24. The van der Waals surface area contributed by atoms with Gasteiger partial charge in [-0.2, -0.15) is 0 Å². The number of nitrogen functional groups attached to an aromatic ring is 1. The van der Waals surface area contributed by atoms with Crippen LogP contribution in [0.25, 0.3) is 0 Å². The van der Waals surface area contributed by atoms with Gasteiger partial charge in [0.2, 0.25) is 0 Å². The number of hydrogen-bond acceptors (Lipinski definition) is 4. The highest BCUT2D eigenvalue weighted by atomic mass is 16.2. The minimum absolute atomic E-state index is 0.0547. The van der Waals surface area contributed by atoms with Gasteiger partial charge in [-0.15, -0.1) is 0 Å². The Balaban J connectivity index is 2.03. The summed E-state index contributed by atoms with van der Waals surface area (Å²) in [7, 11) is 3.93. The summed E-state index contributed by atoms with van der Waals surface area (Å²) in [5.74, 6) is 0.245. The molecule has 1 amide bonds. The normalized spacial score (nSPS) is 20.0. The smallest absolute Gasteiger partial charge is 0.257 e. The Morgan fingerprint density at radius 2 is 2.44 bits per heavy atom. The van der Waals surface area contributed by atoms with Crippen LogP contribution in [-0.2, 0) is 0 Å². The van der Waals surface area contributed by atoms with Crippen molar-refractivity contribution in [2.24, 2.45) is 0 Å². The molecule has 18 heavy (non-hydrogen) atoms. The molecular weight excluding hydrogens is 228 g/mol. The van der Waals surface area contributed by atoms with Crippen LogP contribution in [0.1, 0.15) is 23.2 Å². The second-order valence-electron chi connectivity index (χ2n) is 4.90. The summed E-state index contributed by atoms with van der Waals surface area (Å²) >= 11 is 0. The lowest BCUT2D eigenvalue weighted by molar-refractivity contribution is 0.0762. The molecule has 1 saturated heterocycles. The lowest BCUT2D eigenvalue weighted by Gasteiger charge is -2.26. The Hall–Kier alpha value is -1.62. The van der Waals surface area contributed by atoms with E-state index in [1.165, 1.54) is 6.42 Å². The van der Waals surface area contributed by atoms with Gasteiger partial charge in [-0.3, -0.25) is 4.79 Å². The van der Waals surface area contributed by atoms with Gasteiger partial charge < -0.3 is 15.5 Å². The standard InChI is InChI=1S/C13H20N4O/c1-16-8-4-5-10(16)9-17(2)13(18)11-6-3-7-15-12(11)14/h3,6-7,10H,4-5,8-9H2,1-2H3,(H2,14,15).